The molecular formula is C52H78N20O11. The molecule has 3 aromatic rings. The van der Waals surface area contributed by atoms with Crippen LogP contribution < -0.4 is 103 Å². The number of nitrogens with one attached hydrogen (secondary N) is 8. The van der Waals surface area contributed by atoms with Crippen molar-refractivity contribution in [2.24, 2.45) is 65.8 Å². The molecule has 0 saturated carbocycles. The third-order valence-electron chi connectivity index (χ3n) is 12.0. The van der Waals surface area contributed by atoms with Gasteiger partial charge in [-0.15, -0.1) is 0 Å². The molecule has 0 unspecified atom stereocenters. The number of likely N-dealkylation sites (N-methyl/N-ethyl adjacent to an activating group) is 1. The first-order valence-corrected chi connectivity index (χ1v) is 26.1. The van der Waals surface area contributed by atoms with Crippen LogP contribution in [-0.2, 0) is 24.0 Å². The number of hydrogen-bond donors (Lipinski definition) is 16. The van der Waals surface area contributed by atoms with Gasteiger partial charge in [0.15, 0.2) is 23.8 Å². The van der Waals surface area contributed by atoms with Crippen LogP contribution in [0.1, 0.15) is 95.8 Å². The predicted octanol–water partition coefficient (Wildman–Crippen LogP) is -1.92. The van der Waals surface area contributed by atoms with Crippen LogP contribution in [0, 0.1) is 0 Å². The molecule has 0 saturated heterocycles. The van der Waals surface area contributed by atoms with Crippen LogP contribution in [0.25, 0.3) is 0 Å². The van der Waals surface area contributed by atoms with E-state index in [9.17, 15) is 38.4 Å². The van der Waals surface area contributed by atoms with Crippen LogP contribution in [0.15, 0.2) is 74.6 Å². The Morgan fingerprint density at radius 3 is 1.06 bits per heavy atom. The number of anilines is 3. The largest absolute Gasteiger partial charge is 0.496 e. The molecule has 452 valence electrons. The summed E-state index contributed by atoms with van der Waals surface area (Å²) in [6.45, 7) is 2.23. The van der Waals surface area contributed by atoms with Crippen molar-refractivity contribution in [3.05, 3.63) is 71.3 Å². The van der Waals surface area contributed by atoms with E-state index in [0.29, 0.717) is 25.8 Å². The van der Waals surface area contributed by atoms with E-state index in [-0.39, 0.29) is 139 Å². The molecule has 0 spiro atoms. The lowest BCUT2D eigenvalue weighted by molar-refractivity contribution is -0.126. The second-order valence-electron chi connectivity index (χ2n) is 18.3. The molecule has 8 amide bonds. The van der Waals surface area contributed by atoms with E-state index in [1.165, 1.54) is 89.9 Å². The second-order valence-corrected chi connectivity index (χ2v) is 18.3. The highest BCUT2D eigenvalue weighted by Crippen LogP contribution is 2.27. The van der Waals surface area contributed by atoms with Gasteiger partial charge in [-0.05, 0) is 113 Å². The molecule has 31 nitrogen and oxygen atoms in total. The van der Waals surface area contributed by atoms with Crippen molar-refractivity contribution in [1.82, 2.24) is 26.6 Å². The van der Waals surface area contributed by atoms with E-state index in [2.05, 4.69) is 62.5 Å². The molecular weight excluding hydrogens is 1080 g/mol. The quantitative estimate of drug-likeness (QED) is 0.0176. The number of carbonyl (C=O) groups excluding carboxylic acids is 8. The van der Waals surface area contributed by atoms with Crippen LogP contribution in [0.4, 0.5) is 17.1 Å². The summed E-state index contributed by atoms with van der Waals surface area (Å²) in [5.74, 6) is -5.51. The van der Waals surface area contributed by atoms with Crippen molar-refractivity contribution in [3.63, 3.8) is 0 Å². The second kappa shape index (κ2) is 34.8. The molecule has 24 N–H and O–H groups in total. The highest BCUT2D eigenvalue weighted by Gasteiger charge is 2.28. The van der Waals surface area contributed by atoms with E-state index < -0.39 is 65.5 Å². The number of rotatable bonds is 34. The van der Waals surface area contributed by atoms with Gasteiger partial charge in [0.2, 0.25) is 29.5 Å². The lowest BCUT2D eigenvalue weighted by atomic mass is 10.1. The molecule has 31 heteroatoms. The molecule has 0 aliphatic rings. The van der Waals surface area contributed by atoms with Gasteiger partial charge in [0, 0.05) is 56.7 Å². The van der Waals surface area contributed by atoms with E-state index in [4.69, 9.17) is 60.1 Å². The summed E-state index contributed by atoms with van der Waals surface area (Å²) >= 11 is 0. The van der Waals surface area contributed by atoms with Crippen molar-refractivity contribution < 1.29 is 52.6 Å². The van der Waals surface area contributed by atoms with Crippen molar-refractivity contribution in [1.29, 1.82) is 0 Å². The molecule has 4 atom stereocenters. The van der Waals surface area contributed by atoms with Gasteiger partial charge >= 0.3 is 0 Å². The summed E-state index contributed by atoms with van der Waals surface area (Å²) in [5, 5.41) is 21.4. The van der Waals surface area contributed by atoms with Gasteiger partial charge in [-0.2, -0.15) is 0 Å². The summed E-state index contributed by atoms with van der Waals surface area (Å²) < 4.78 is 16.4. The smallest absolute Gasteiger partial charge is 0.255 e. The van der Waals surface area contributed by atoms with Gasteiger partial charge in [-0.25, -0.2) is 0 Å². The Kier molecular flexibility index (Phi) is 28.2. The number of aliphatic imine (C=N–C) groups is 4. The molecule has 0 fully saturated rings. The van der Waals surface area contributed by atoms with Gasteiger partial charge < -0.3 is 103 Å². The minimum atomic E-state index is -1.27. The predicted molar refractivity (Wildman–Crippen MR) is 315 cm³/mol. The lowest BCUT2D eigenvalue weighted by Gasteiger charge is -2.21. The fourth-order valence-electron chi connectivity index (χ4n) is 7.78. The highest BCUT2D eigenvalue weighted by atomic mass is 16.5. The maximum absolute atomic E-state index is 14.3. The average Bonchev–Trinajstić information content (AvgIpc) is 3.44. The minimum Gasteiger partial charge on any atom is -0.496 e. The Morgan fingerprint density at radius 2 is 0.747 bits per heavy atom. The van der Waals surface area contributed by atoms with E-state index in [1.54, 1.807) is 0 Å². The van der Waals surface area contributed by atoms with Gasteiger partial charge in [0.1, 0.15) is 41.4 Å². The topological polar surface area (TPSA) is 518 Å². The zero-order chi connectivity index (χ0) is 61.6. The zero-order valence-corrected chi connectivity index (χ0v) is 47.1. The van der Waals surface area contributed by atoms with E-state index in [0.717, 1.165) is 0 Å². The molecule has 83 heavy (non-hydrogen) atoms. The Morgan fingerprint density at radius 1 is 0.434 bits per heavy atom. The molecule has 3 rings (SSSR count). The Labute approximate surface area is 479 Å². The summed E-state index contributed by atoms with van der Waals surface area (Å²) in [6.07, 6.45) is 2.09. The molecule has 0 aromatic heterocycles. The normalized spacial score (nSPS) is 11.9. The molecule has 3 aromatic carbocycles. The first-order valence-electron chi connectivity index (χ1n) is 26.1. The summed E-state index contributed by atoms with van der Waals surface area (Å²) in [4.78, 5) is 124. The Hall–Kier alpha value is -10.1. The maximum atomic E-state index is 14.3. The number of guanidine groups is 4. The molecule has 0 radical (unpaired) electrons. The number of nitrogens with two attached hydrogens (primary N) is 8. The monoisotopic (exact) mass is 1160 g/mol. The Bertz CT molecular complexity index is 2860. The van der Waals surface area contributed by atoms with E-state index in [1.807, 2.05) is 0 Å². The number of hydrogen-bond acceptors (Lipinski definition) is 15. The van der Waals surface area contributed by atoms with Gasteiger partial charge in [-0.3, -0.25) is 58.3 Å². The lowest BCUT2D eigenvalue weighted by Crippen LogP contribution is -2.46. The average molecular weight is 1160 g/mol. The van der Waals surface area contributed by atoms with E-state index >= 15 is 0 Å². The zero-order valence-electron chi connectivity index (χ0n) is 47.1. The number of amides is 8. The van der Waals surface area contributed by atoms with Crippen molar-refractivity contribution in [2.75, 3.05) is 70.5 Å². The number of ether oxygens (including phenoxy) is 3. The van der Waals surface area contributed by atoms with Gasteiger partial charge in [-0.1, -0.05) is 0 Å². The molecule has 0 aliphatic carbocycles. The summed E-state index contributed by atoms with van der Waals surface area (Å²) in [5.41, 5.74) is 43.8. The summed E-state index contributed by atoms with van der Waals surface area (Å²) in [6, 6.07) is 8.14. The van der Waals surface area contributed by atoms with Crippen molar-refractivity contribution in [3.8, 4) is 17.2 Å². The maximum Gasteiger partial charge on any atom is 0.255 e. The standard InChI is InChI=1S/C52H78N20O11/c1-28(66-41(73)14-6-7-21-62-49(53)54)42(74)67-29-15-18-38(81-3)32(25-29)44(76)71-36(12-9-23-64-51(57)58)47(79)69-31-17-20-40(83-5)34(27-31)45(77)72-37(13-10-24-65-52(59)60)48(80)68-30-16-19-39(82-4)33(26-30)43(75)70-35(46(78)61-2)11-8-22-63-50(55)56/h15-20,25-28,35-37H,6-14,21-24H2,1-5H3,(H,61,78)(H,66,73)(H,67,74)(H,68,80)(H,69,79)(H,70,75)(H,71,76)(H,72,77)(H4,53,54,62)(H4,55,56,63)(H4,57,58,64)(H4,59,60,65)/t28-,35-,36-,37-/m1/s1. The molecule has 0 aliphatic heterocycles. The minimum absolute atomic E-state index is 0.00254. The van der Waals surface area contributed by atoms with Crippen LogP contribution in [0.2, 0.25) is 0 Å². The molecule has 0 bridgehead atoms. The molecule has 0 heterocycles. The fraction of sp³-hybridized carbons (Fsp3) is 0.423. The van der Waals surface area contributed by atoms with Crippen LogP contribution in [0.3, 0.4) is 0 Å². The first-order chi connectivity index (χ1) is 39.5. The van der Waals surface area contributed by atoms with Gasteiger partial charge in [0.25, 0.3) is 17.7 Å². The summed E-state index contributed by atoms with van der Waals surface area (Å²) in [7, 11) is 5.38. The fourth-order valence-corrected chi connectivity index (χ4v) is 7.78. The van der Waals surface area contributed by atoms with Crippen molar-refractivity contribution >= 4 is 88.2 Å². The van der Waals surface area contributed by atoms with Crippen molar-refractivity contribution in [2.45, 2.75) is 88.9 Å². The SMILES string of the molecule is CNC(=O)[C@@H](CCCN=C(N)N)NC(=O)c1cc(NC(=O)[C@@H](CCCN=C(N)N)NC(=O)c2cc(NC(=O)[C@@H](CCCN=C(N)N)NC(=O)c3cc(NC(=O)[C@@H](C)NC(=O)CCCCN=C(N)N)ccc3OC)ccc2OC)ccc1OC. The number of methoxy groups -OCH3 is 3. The van der Waals surface area contributed by atoms with Crippen LogP contribution in [0.5, 0.6) is 17.2 Å². The number of carbonyl (C=O) groups is 8. The third-order valence-corrected chi connectivity index (χ3v) is 12.0. The first kappa shape index (κ1) is 67.2. The number of nitrogens with zero attached hydrogens (tertiary/aromatic N) is 4. The number of unbranched alkanes of at least 4 members (excludes halogenated alkanes) is 1. The number of benzene rings is 3. The van der Waals surface area contributed by atoms with Gasteiger partial charge in [0.05, 0.1) is 38.0 Å². The van der Waals surface area contributed by atoms with Crippen LogP contribution >= 0.6 is 0 Å². The van der Waals surface area contributed by atoms with Crippen LogP contribution in [-0.4, -0.2) is 150 Å². The Balaban J connectivity index is 1.89. The third kappa shape index (κ3) is 23.6. The highest BCUT2D eigenvalue weighted by molar-refractivity contribution is 6.07.